The molecule has 556 valence electrons. The Morgan fingerprint density at radius 3 is 1.03 bits per heavy atom. The number of aromatic nitrogens is 10. The topological polar surface area (TPSA) is 44.0 Å². The molecule has 5 aromatic heterocycles. The van der Waals surface area contributed by atoms with Gasteiger partial charge in [0.2, 0.25) is 0 Å². The molecule has 108 heavy (non-hydrogen) atoms. The largest absolute Gasteiger partial charge is 0.260 e. The van der Waals surface area contributed by atoms with Gasteiger partial charge in [-0.15, -0.1) is 0 Å². The Hall–Kier alpha value is -9.93. The first-order valence-corrected chi connectivity index (χ1v) is 38.8. The van der Waals surface area contributed by atoms with Crippen molar-refractivity contribution in [1.82, 2.24) is 22.8 Å². The van der Waals surface area contributed by atoms with Crippen LogP contribution in [0.25, 0.3) is 58.8 Å². The molecule has 0 bridgehead atoms. The Morgan fingerprint density at radius 2 is 0.639 bits per heavy atom. The van der Waals surface area contributed by atoms with Crippen LogP contribution in [0.5, 0.6) is 0 Å². The van der Waals surface area contributed by atoms with Crippen LogP contribution in [-0.4, -0.2) is 22.8 Å². The van der Waals surface area contributed by atoms with E-state index in [1.54, 1.807) is 22.1 Å². The van der Waals surface area contributed by atoms with Gasteiger partial charge in [-0.3, -0.25) is 0 Å². The van der Waals surface area contributed by atoms with Crippen molar-refractivity contribution in [1.29, 1.82) is 0 Å². The number of allylic oxidation sites excluding steroid dienone is 5. The third-order valence-electron chi connectivity index (χ3n) is 24.8. The van der Waals surface area contributed by atoms with Crippen LogP contribution in [0.15, 0.2) is 182 Å². The Kier molecular flexibility index (Phi) is 15.5. The first-order chi connectivity index (χ1) is 58.0. The lowest BCUT2D eigenvalue weighted by Crippen LogP contribution is -2.58. The fourth-order valence-electron chi connectivity index (χ4n) is 18.6. The highest BCUT2D eigenvalue weighted by atomic mass is 15.3. The molecule has 5 aliphatic heterocycles. The van der Waals surface area contributed by atoms with Gasteiger partial charge in [0.15, 0.2) is 62.5 Å². The maximum Gasteiger partial charge on any atom is 0.260 e. The molecule has 0 radical (unpaired) electrons. The van der Waals surface area contributed by atoms with E-state index in [2.05, 4.69) is 78.5 Å². The number of hydrogen-bond acceptors (Lipinski definition) is 0. The second kappa shape index (κ2) is 29.2. The zero-order valence-corrected chi connectivity index (χ0v) is 66.2. The summed E-state index contributed by atoms with van der Waals surface area (Å²) in [5.74, 6) is 2.73. The van der Waals surface area contributed by atoms with E-state index in [9.17, 15) is 0 Å². The fourth-order valence-corrected chi connectivity index (χ4v) is 18.6. The van der Waals surface area contributed by atoms with E-state index in [1.165, 1.54) is 57.8 Å². The van der Waals surface area contributed by atoms with Gasteiger partial charge in [-0.1, -0.05) is 153 Å². The van der Waals surface area contributed by atoms with E-state index >= 15 is 0 Å². The zero-order chi connectivity index (χ0) is 90.1. The van der Waals surface area contributed by atoms with Crippen molar-refractivity contribution in [3.05, 3.63) is 301 Å². The average Bonchev–Trinajstić information content (AvgIpc) is 1.54. The maximum atomic E-state index is 8.43. The Labute approximate surface area is 667 Å². The molecule has 4 unspecified atom stereocenters. The molecule has 10 heteroatoms. The van der Waals surface area contributed by atoms with Gasteiger partial charge < -0.3 is 0 Å². The Morgan fingerprint density at radius 1 is 0.333 bits per heavy atom. The molecular weight excluding hydrogens is 1320 g/mol. The first-order valence-electron chi connectivity index (χ1n) is 46.8. The van der Waals surface area contributed by atoms with E-state index in [0.29, 0.717) is 35.1 Å². The van der Waals surface area contributed by atoms with Crippen LogP contribution >= 0.6 is 0 Å². The molecule has 11 aromatic rings. The number of nitrogens with zero attached hydrogens (tertiary/aromatic N) is 10. The highest BCUT2D eigenvalue weighted by Crippen LogP contribution is 2.43. The van der Waals surface area contributed by atoms with Crippen LogP contribution in [-0.2, 0) is 22.2 Å². The summed E-state index contributed by atoms with van der Waals surface area (Å²) >= 11 is 0. The molecule has 10 nitrogen and oxygen atoms in total. The van der Waals surface area contributed by atoms with Gasteiger partial charge in [0, 0.05) is 107 Å². The van der Waals surface area contributed by atoms with Crippen molar-refractivity contribution in [2.45, 2.75) is 231 Å². The minimum Gasteiger partial charge on any atom is -0.221 e. The van der Waals surface area contributed by atoms with Crippen molar-refractivity contribution in [3.8, 4) is 28.4 Å². The summed E-state index contributed by atoms with van der Waals surface area (Å²) in [6, 6.07) is 48.6. The molecule has 0 amide bonds. The van der Waals surface area contributed by atoms with Crippen molar-refractivity contribution >= 4 is 30.4 Å². The van der Waals surface area contributed by atoms with E-state index in [4.69, 9.17) is 21.9 Å². The van der Waals surface area contributed by atoms with E-state index < -0.39 is 45.8 Å². The van der Waals surface area contributed by atoms with Gasteiger partial charge in [-0.25, -0.2) is 22.8 Å². The molecule has 0 N–H and O–H groups in total. The summed E-state index contributed by atoms with van der Waals surface area (Å²) in [6.07, 6.45) is 31.5. The summed E-state index contributed by atoms with van der Waals surface area (Å²) < 4.78 is 151. The second-order valence-corrected chi connectivity index (χ2v) is 32.0. The van der Waals surface area contributed by atoms with Crippen molar-refractivity contribution in [2.75, 3.05) is 0 Å². The normalized spacial score (nSPS) is 23.6. The third-order valence-corrected chi connectivity index (χ3v) is 24.8. The van der Waals surface area contributed by atoms with Crippen molar-refractivity contribution in [3.63, 3.8) is 0 Å². The zero-order valence-electron chi connectivity index (χ0n) is 82.2. The first kappa shape index (κ1) is 57.2. The molecule has 0 spiro atoms. The maximum absolute atomic E-state index is 8.43. The van der Waals surface area contributed by atoms with E-state index in [0.717, 1.165) is 119 Å². The standard InChI is InChI=1S/C22H29N2.C22H23N2.C21H27N2.C17H21N2.C16H19N2/c2*1-16-10-8-9-13-20(16)23-17(2)21-14-15-22(4,24(21)18(23)3)19-11-6-5-7-12-19;1-15-9-5-8-12-19(15)22-16(2)20-13-14-21(4,23(20)17(22)3)18-10-6-7-11-18;1-12-8-6-7-9-15(12)18-13(2)16-10-11-17(4,5)19(16)14(18)3;1-11-7-5-6-8-15(11)18-13(3)16-10-9-12(2)17(16)14(18)4/h8-10,13-15,19H,5-7,11-12H2,1-4H3;5-15H,1-4H3;5,8-9,12-14,18H,6-7,10-11H2,1-4H3;6-11H,1-5H3;5-10,12H,1-4H3/q5*+1/i4*3D3;4D3,12D. The number of benzene rings is 6. The SMILES string of the molecule is [2H]C([2H])([2H])c1n(-c2ccccc2C)c(C)c2[n+]1C(C)(C)C=C2.[2H]C([2H])([2H])c1n(-c2ccccc2C)c(C)c2[n+]1C(C)(C1CCCC1)C=C2.[2H]C([2H])([2H])c1n(-c2ccccc2C)c(C)c2[n+]1C(C)(C1CCCCC1)C=C2.[2H]C([2H])([2H])c1n(-c2ccccc2C)c(C)c2[n+]1C(C)(c1ccccc1)C=C2.[2H]C([2H])([2H])c1n(-c2ccccc2C)c(C)c2[n+]1C([2H])(C)C=C2. The highest BCUT2D eigenvalue weighted by Gasteiger charge is 2.50. The predicted molar refractivity (Wildman–Crippen MR) is 445 cm³/mol. The van der Waals surface area contributed by atoms with E-state index in [-0.39, 0.29) is 22.4 Å². The van der Waals surface area contributed by atoms with Gasteiger partial charge in [-0.05, 0) is 221 Å². The minimum absolute atomic E-state index is 0.178. The summed E-state index contributed by atoms with van der Waals surface area (Å²) in [6.45, 7) is 21.2. The molecule has 0 saturated heterocycles. The van der Waals surface area contributed by atoms with Gasteiger partial charge >= 0.3 is 0 Å². The van der Waals surface area contributed by atoms with Crippen LogP contribution < -0.4 is 22.8 Å². The smallest absolute Gasteiger partial charge is 0.221 e. The highest BCUT2D eigenvalue weighted by molar-refractivity contribution is 5.58. The molecule has 6 aromatic carbocycles. The molecule has 18 rings (SSSR count). The summed E-state index contributed by atoms with van der Waals surface area (Å²) in [5, 5.41) is 0. The van der Waals surface area contributed by atoms with Crippen molar-refractivity contribution < 1.29 is 44.8 Å². The van der Waals surface area contributed by atoms with Crippen LogP contribution in [0.4, 0.5) is 0 Å². The average molecular weight is 1450 g/mol. The molecular formula is C98H119N10+5. The number of hydrogen-bond donors (Lipinski definition) is 0. The molecule has 2 fully saturated rings. The lowest BCUT2D eigenvalue weighted by Gasteiger charge is -2.34. The molecule has 4 atom stereocenters. The van der Waals surface area contributed by atoms with Crippen LogP contribution in [0, 0.1) is 115 Å². The minimum atomic E-state index is -2.31. The lowest BCUT2D eigenvalue weighted by atomic mass is 9.76. The lowest BCUT2D eigenvalue weighted by molar-refractivity contribution is -0.759. The van der Waals surface area contributed by atoms with Gasteiger partial charge in [0.1, 0.15) is 51.1 Å². The molecule has 7 aliphatic rings. The van der Waals surface area contributed by atoms with E-state index in [1.807, 2.05) is 268 Å². The monoisotopic (exact) mass is 1450 g/mol. The predicted octanol–water partition coefficient (Wildman–Crippen LogP) is 20.8. The summed E-state index contributed by atoms with van der Waals surface area (Å²) in [4.78, 5) is 0. The molecule has 2 aliphatic carbocycles. The Balaban J connectivity index is 0.000000127. The van der Waals surface area contributed by atoms with Crippen molar-refractivity contribution in [2.24, 2.45) is 11.8 Å². The molecule has 10 heterocycles. The van der Waals surface area contributed by atoms with Gasteiger partial charge in [-0.2, -0.15) is 22.8 Å². The Bertz CT molecular complexity index is 5970. The number of imidazole rings is 5. The number of aryl methyl sites for hydroxylation is 5. The van der Waals surface area contributed by atoms with Gasteiger partial charge in [0.25, 0.3) is 29.1 Å². The number of para-hydroxylation sites is 5. The second-order valence-electron chi connectivity index (χ2n) is 32.0. The van der Waals surface area contributed by atoms with Gasteiger partial charge in [0.05, 0.1) is 1.37 Å². The molecule has 2 saturated carbocycles. The summed E-state index contributed by atoms with van der Waals surface area (Å²) in [7, 11) is 0. The fraction of sp³-hybridized carbons (Fsp3) is 0.378. The number of fused-ring (bicyclic) bond motifs is 5. The van der Waals surface area contributed by atoms with Crippen LogP contribution in [0.3, 0.4) is 0 Å². The van der Waals surface area contributed by atoms with Crippen LogP contribution in [0.1, 0.15) is 247 Å². The quantitative estimate of drug-likeness (QED) is 0.136. The third kappa shape index (κ3) is 12.5. The summed E-state index contributed by atoms with van der Waals surface area (Å²) in [5.41, 5.74) is 19.1. The number of rotatable bonds is 8. The van der Waals surface area contributed by atoms with Crippen LogP contribution in [0.2, 0.25) is 0 Å².